The molecule has 0 spiro atoms. The van der Waals surface area contributed by atoms with Crippen molar-refractivity contribution in [3.05, 3.63) is 60.2 Å². The van der Waals surface area contributed by atoms with Crippen LogP contribution in [0, 0.1) is 5.92 Å². The molecular formula is C24H31N3O3. The van der Waals surface area contributed by atoms with E-state index in [0.29, 0.717) is 25.4 Å². The van der Waals surface area contributed by atoms with Crippen molar-refractivity contribution in [2.75, 3.05) is 38.7 Å². The first kappa shape index (κ1) is 21.8. The van der Waals surface area contributed by atoms with Gasteiger partial charge >= 0.3 is 0 Å². The van der Waals surface area contributed by atoms with Crippen LogP contribution in [0.25, 0.3) is 0 Å². The van der Waals surface area contributed by atoms with E-state index in [1.54, 1.807) is 4.90 Å². The van der Waals surface area contributed by atoms with E-state index in [1.807, 2.05) is 63.5 Å². The number of nitrogens with one attached hydrogen (secondary N) is 1. The predicted octanol–water partition coefficient (Wildman–Crippen LogP) is 2.73. The topological polar surface area (TPSA) is 61.9 Å². The van der Waals surface area contributed by atoms with Gasteiger partial charge in [-0.15, -0.1) is 0 Å². The van der Waals surface area contributed by atoms with E-state index in [2.05, 4.69) is 22.3 Å². The molecule has 2 amide bonds. The summed E-state index contributed by atoms with van der Waals surface area (Å²) in [7, 11) is 4.04. The SMILES string of the molecule is CCOc1ccccc1N1CC(C(=O)NCC(Cc2ccccc2)N(C)C)CC1=O. The number of benzene rings is 2. The first-order valence-electron chi connectivity index (χ1n) is 10.5. The number of nitrogens with zero attached hydrogens (tertiary/aromatic N) is 2. The van der Waals surface area contributed by atoms with Crippen LogP contribution in [0.1, 0.15) is 18.9 Å². The maximum atomic E-state index is 12.8. The number of hydrogen-bond donors (Lipinski definition) is 1. The molecule has 0 bridgehead atoms. The highest BCUT2D eigenvalue weighted by Crippen LogP contribution is 2.33. The number of likely N-dealkylation sites (N-methyl/N-ethyl adjacent to an activating group) is 1. The average Bonchev–Trinajstić information content (AvgIpc) is 3.13. The van der Waals surface area contributed by atoms with Gasteiger partial charge in [-0.05, 0) is 45.1 Å². The molecule has 6 nitrogen and oxygen atoms in total. The van der Waals surface area contributed by atoms with Crippen LogP contribution in [-0.4, -0.2) is 56.5 Å². The van der Waals surface area contributed by atoms with Crippen LogP contribution in [-0.2, 0) is 16.0 Å². The number of carbonyl (C=O) groups is 2. The van der Waals surface area contributed by atoms with Crippen LogP contribution >= 0.6 is 0 Å². The van der Waals surface area contributed by atoms with Crippen LogP contribution < -0.4 is 15.0 Å². The third-order valence-corrected chi connectivity index (χ3v) is 5.51. The van der Waals surface area contributed by atoms with Gasteiger partial charge < -0.3 is 19.9 Å². The van der Waals surface area contributed by atoms with E-state index in [0.717, 1.165) is 12.1 Å². The normalized spacial score (nSPS) is 17.3. The molecule has 30 heavy (non-hydrogen) atoms. The minimum Gasteiger partial charge on any atom is -0.492 e. The highest BCUT2D eigenvalue weighted by Gasteiger charge is 2.36. The van der Waals surface area contributed by atoms with Crippen molar-refractivity contribution in [2.24, 2.45) is 5.92 Å². The molecule has 2 aromatic rings. The Bertz CT molecular complexity index is 854. The molecule has 0 aromatic heterocycles. The number of ether oxygens (including phenoxy) is 1. The molecule has 2 unspecified atom stereocenters. The van der Waals surface area contributed by atoms with Gasteiger partial charge in [0.25, 0.3) is 0 Å². The van der Waals surface area contributed by atoms with Gasteiger partial charge in [0.15, 0.2) is 0 Å². The molecule has 1 saturated heterocycles. The fraction of sp³-hybridized carbons (Fsp3) is 0.417. The first-order valence-corrected chi connectivity index (χ1v) is 10.5. The minimum atomic E-state index is -0.355. The summed E-state index contributed by atoms with van der Waals surface area (Å²) in [5.41, 5.74) is 1.97. The summed E-state index contributed by atoms with van der Waals surface area (Å²) >= 11 is 0. The van der Waals surface area contributed by atoms with Crippen molar-refractivity contribution < 1.29 is 14.3 Å². The highest BCUT2D eigenvalue weighted by molar-refractivity contribution is 6.01. The number of rotatable bonds is 9. The summed E-state index contributed by atoms with van der Waals surface area (Å²) in [6.45, 7) is 3.35. The lowest BCUT2D eigenvalue weighted by Gasteiger charge is -2.25. The van der Waals surface area contributed by atoms with Crippen molar-refractivity contribution in [2.45, 2.75) is 25.8 Å². The lowest BCUT2D eigenvalue weighted by Crippen LogP contribution is -2.43. The second-order valence-corrected chi connectivity index (χ2v) is 7.86. The van der Waals surface area contributed by atoms with Gasteiger partial charge in [0.1, 0.15) is 5.75 Å². The second kappa shape index (κ2) is 10.3. The monoisotopic (exact) mass is 409 g/mol. The van der Waals surface area contributed by atoms with Gasteiger partial charge in [0.2, 0.25) is 11.8 Å². The zero-order chi connectivity index (χ0) is 21.5. The summed E-state index contributed by atoms with van der Waals surface area (Å²) < 4.78 is 5.66. The zero-order valence-corrected chi connectivity index (χ0v) is 18.0. The Balaban J connectivity index is 1.60. The lowest BCUT2D eigenvalue weighted by atomic mass is 10.0. The van der Waals surface area contributed by atoms with Crippen LogP contribution in [0.2, 0.25) is 0 Å². The Morgan fingerprint density at radius 1 is 1.17 bits per heavy atom. The average molecular weight is 410 g/mol. The van der Waals surface area contributed by atoms with E-state index in [1.165, 1.54) is 5.56 Å². The fourth-order valence-electron chi connectivity index (χ4n) is 3.76. The summed E-state index contributed by atoms with van der Waals surface area (Å²) in [6, 6.07) is 17.9. The molecular weight excluding hydrogens is 378 g/mol. The molecule has 0 saturated carbocycles. The first-order chi connectivity index (χ1) is 14.5. The molecule has 2 atom stereocenters. The van der Waals surface area contributed by atoms with Crippen LogP contribution in [0.15, 0.2) is 54.6 Å². The van der Waals surface area contributed by atoms with Crippen molar-refractivity contribution >= 4 is 17.5 Å². The third kappa shape index (κ3) is 5.39. The standard InChI is InChI=1S/C24H31N3O3/c1-4-30-22-13-9-8-12-21(22)27-17-19(15-23(27)28)24(29)25-16-20(26(2)3)14-18-10-6-5-7-11-18/h5-13,19-20H,4,14-17H2,1-3H3,(H,25,29). The molecule has 160 valence electrons. The maximum Gasteiger partial charge on any atom is 0.227 e. The Hall–Kier alpha value is -2.86. The fourth-order valence-corrected chi connectivity index (χ4v) is 3.76. The molecule has 0 aliphatic carbocycles. The van der Waals surface area contributed by atoms with E-state index in [4.69, 9.17) is 4.74 Å². The molecule has 1 aliphatic rings. The molecule has 0 radical (unpaired) electrons. The van der Waals surface area contributed by atoms with E-state index < -0.39 is 0 Å². The summed E-state index contributed by atoms with van der Waals surface area (Å²) in [5.74, 6) is 0.201. The van der Waals surface area contributed by atoms with Gasteiger partial charge in [-0.25, -0.2) is 0 Å². The molecule has 1 N–H and O–H groups in total. The van der Waals surface area contributed by atoms with Gasteiger partial charge in [-0.1, -0.05) is 42.5 Å². The number of para-hydroxylation sites is 2. The smallest absolute Gasteiger partial charge is 0.227 e. The van der Waals surface area contributed by atoms with Crippen molar-refractivity contribution in [3.8, 4) is 5.75 Å². The zero-order valence-electron chi connectivity index (χ0n) is 18.0. The minimum absolute atomic E-state index is 0.0456. The van der Waals surface area contributed by atoms with Gasteiger partial charge in [0, 0.05) is 25.6 Å². The molecule has 1 aliphatic heterocycles. The van der Waals surface area contributed by atoms with Crippen LogP contribution in [0.3, 0.4) is 0 Å². The molecule has 6 heteroatoms. The van der Waals surface area contributed by atoms with E-state index in [-0.39, 0.29) is 30.2 Å². The maximum absolute atomic E-state index is 12.8. The van der Waals surface area contributed by atoms with Crippen molar-refractivity contribution in [1.29, 1.82) is 0 Å². The van der Waals surface area contributed by atoms with Crippen molar-refractivity contribution in [3.63, 3.8) is 0 Å². The number of carbonyl (C=O) groups excluding carboxylic acids is 2. The summed E-state index contributed by atoms with van der Waals surface area (Å²) in [5, 5.41) is 3.07. The predicted molar refractivity (Wildman–Crippen MR) is 119 cm³/mol. The van der Waals surface area contributed by atoms with Gasteiger partial charge in [-0.2, -0.15) is 0 Å². The Kier molecular flexibility index (Phi) is 7.46. The molecule has 1 fully saturated rings. The summed E-state index contributed by atoms with van der Waals surface area (Å²) in [6.07, 6.45) is 1.07. The highest BCUT2D eigenvalue weighted by atomic mass is 16.5. The quantitative estimate of drug-likeness (QED) is 0.692. The van der Waals surface area contributed by atoms with Gasteiger partial charge in [0.05, 0.1) is 18.2 Å². The largest absolute Gasteiger partial charge is 0.492 e. The lowest BCUT2D eigenvalue weighted by molar-refractivity contribution is -0.126. The van der Waals surface area contributed by atoms with Gasteiger partial charge in [-0.3, -0.25) is 9.59 Å². The Labute approximate surface area is 178 Å². The number of hydrogen-bond acceptors (Lipinski definition) is 4. The van der Waals surface area contributed by atoms with Crippen molar-refractivity contribution in [1.82, 2.24) is 10.2 Å². The second-order valence-electron chi connectivity index (χ2n) is 7.86. The van der Waals surface area contributed by atoms with Crippen LogP contribution in [0.5, 0.6) is 5.75 Å². The Morgan fingerprint density at radius 2 is 1.87 bits per heavy atom. The molecule has 3 rings (SSSR count). The number of amides is 2. The third-order valence-electron chi connectivity index (χ3n) is 5.51. The van der Waals surface area contributed by atoms with Crippen LogP contribution in [0.4, 0.5) is 5.69 Å². The molecule has 2 aromatic carbocycles. The van der Waals surface area contributed by atoms with E-state index >= 15 is 0 Å². The Morgan fingerprint density at radius 3 is 2.57 bits per heavy atom. The molecule has 1 heterocycles. The number of anilines is 1. The summed E-state index contributed by atoms with van der Waals surface area (Å²) in [4.78, 5) is 29.2. The van der Waals surface area contributed by atoms with E-state index in [9.17, 15) is 9.59 Å².